The lowest BCUT2D eigenvalue weighted by Crippen LogP contribution is -2.34. The van der Waals surface area contributed by atoms with E-state index in [1.807, 2.05) is 0 Å². The van der Waals surface area contributed by atoms with Crippen LogP contribution in [0, 0.1) is 0 Å². The molecule has 1 N–H and O–H groups in total. The summed E-state index contributed by atoms with van der Waals surface area (Å²) < 4.78 is 37.1. The summed E-state index contributed by atoms with van der Waals surface area (Å²) in [5.41, 5.74) is 1.53. The molecule has 14 heavy (non-hydrogen) atoms. The fourth-order valence-corrected chi connectivity index (χ4v) is 1.59. The summed E-state index contributed by atoms with van der Waals surface area (Å²) in [6.45, 7) is 0. The van der Waals surface area contributed by atoms with E-state index in [2.05, 4.69) is 10.3 Å². The van der Waals surface area contributed by atoms with Crippen molar-refractivity contribution in [3.63, 3.8) is 0 Å². The number of hydrogen-bond acceptors (Lipinski definition) is 2. The molecule has 0 aromatic carbocycles. The topological polar surface area (TPSA) is 24.9 Å². The number of nitrogens with zero attached hydrogens (tertiary/aromatic N) is 1. The molecule has 0 radical (unpaired) electrons. The summed E-state index contributed by atoms with van der Waals surface area (Å²) in [7, 11) is 1.79. The molecule has 1 aromatic heterocycles. The van der Waals surface area contributed by atoms with Crippen LogP contribution in [0.4, 0.5) is 19.0 Å². The Kier molecular flexibility index (Phi) is 1.94. The molecular weight excluding hydrogens is 192 g/mol. The number of rotatable bonds is 0. The summed E-state index contributed by atoms with van der Waals surface area (Å²) in [5, 5.41) is 2.38. The minimum atomic E-state index is -4.20. The maximum absolute atomic E-state index is 12.4. The van der Waals surface area contributed by atoms with Gasteiger partial charge in [0.25, 0.3) is 0 Å². The predicted molar refractivity (Wildman–Crippen MR) is 49.6 cm³/mol. The van der Waals surface area contributed by atoms with Gasteiger partial charge < -0.3 is 5.32 Å². The lowest BCUT2D eigenvalue weighted by molar-refractivity contribution is -0.140. The highest BCUT2D eigenvalue weighted by molar-refractivity contribution is 6.33. The first-order valence-electron chi connectivity index (χ1n) is 4.26. The van der Waals surface area contributed by atoms with Gasteiger partial charge in [-0.15, -0.1) is 0 Å². The van der Waals surface area contributed by atoms with Gasteiger partial charge in [-0.2, -0.15) is 13.2 Å². The highest BCUT2D eigenvalue weighted by atomic mass is 19.4. The van der Waals surface area contributed by atoms with Crippen LogP contribution in [-0.4, -0.2) is 25.0 Å². The van der Waals surface area contributed by atoms with Crippen molar-refractivity contribution < 1.29 is 13.2 Å². The normalized spacial score (nSPS) is 20.4. The van der Waals surface area contributed by atoms with Crippen molar-refractivity contribution in [1.82, 2.24) is 4.98 Å². The monoisotopic (exact) mass is 200 g/mol. The lowest BCUT2D eigenvalue weighted by atomic mass is 9.90. The van der Waals surface area contributed by atoms with E-state index in [9.17, 15) is 13.2 Å². The average Bonchev–Trinajstić information content (AvgIpc) is 2.48. The van der Waals surface area contributed by atoms with E-state index in [-0.39, 0.29) is 6.42 Å². The highest BCUT2D eigenvalue weighted by Crippen LogP contribution is 2.31. The van der Waals surface area contributed by atoms with Gasteiger partial charge in [-0.05, 0) is 11.6 Å². The molecule has 1 atom stereocenters. The van der Waals surface area contributed by atoms with Crippen molar-refractivity contribution in [3.05, 3.63) is 17.8 Å². The molecule has 0 aliphatic carbocycles. The average molecular weight is 200 g/mol. The third-order valence-electron chi connectivity index (χ3n) is 2.40. The van der Waals surface area contributed by atoms with Crippen LogP contribution in [0.5, 0.6) is 0 Å². The van der Waals surface area contributed by atoms with Crippen LogP contribution in [0.2, 0.25) is 0 Å². The number of hydrogen-bond donors (Lipinski definition) is 1. The van der Waals surface area contributed by atoms with Gasteiger partial charge in [0.15, 0.2) is 0 Å². The van der Waals surface area contributed by atoms with Crippen molar-refractivity contribution in [3.8, 4) is 0 Å². The molecule has 0 fully saturated rings. The summed E-state index contributed by atoms with van der Waals surface area (Å²) in [6, 6.07) is 0.241. The van der Waals surface area contributed by atoms with Crippen LogP contribution in [0.25, 0.3) is 0 Å². The molecule has 2 nitrogen and oxygen atoms in total. The van der Waals surface area contributed by atoms with Crippen molar-refractivity contribution in [2.45, 2.75) is 18.6 Å². The van der Waals surface area contributed by atoms with Gasteiger partial charge in [0, 0.05) is 12.6 Å². The van der Waals surface area contributed by atoms with E-state index in [4.69, 9.17) is 0 Å². The second-order valence-corrected chi connectivity index (χ2v) is 3.40. The molecule has 74 valence electrons. The molecule has 0 amide bonds. The molecule has 2 heterocycles. The maximum Gasteiger partial charge on any atom is 0.408 e. The highest BCUT2D eigenvalue weighted by Gasteiger charge is 2.43. The van der Waals surface area contributed by atoms with Crippen molar-refractivity contribution >= 4 is 19.1 Å². The van der Waals surface area contributed by atoms with Gasteiger partial charge in [-0.25, -0.2) is 4.98 Å². The fraction of sp³-hybridized carbons (Fsp3) is 0.375. The lowest BCUT2D eigenvalue weighted by Gasteiger charge is -2.14. The van der Waals surface area contributed by atoms with Gasteiger partial charge in [0.1, 0.15) is 19.7 Å². The van der Waals surface area contributed by atoms with Gasteiger partial charge in [0.05, 0.1) is 0 Å². The molecule has 0 saturated carbocycles. The van der Waals surface area contributed by atoms with Gasteiger partial charge in [0.2, 0.25) is 0 Å². The van der Waals surface area contributed by atoms with E-state index in [1.165, 1.54) is 6.20 Å². The van der Waals surface area contributed by atoms with Gasteiger partial charge in [-0.1, -0.05) is 5.46 Å². The van der Waals surface area contributed by atoms with Gasteiger partial charge in [-0.3, -0.25) is 0 Å². The molecule has 2 rings (SSSR count). The Bertz CT molecular complexity index is 364. The Morgan fingerprint density at radius 1 is 1.50 bits per heavy atom. The van der Waals surface area contributed by atoms with Crippen LogP contribution in [-0.2, 0) is 6.42 Å². The van der Waals surface area contributed by atoms with Crippen molar-refractivity contribution in [2.75, 3.05) is 5.32 Å². The first kappa shape index (κ1) is 9.36. The molecule has 0 bridgehead atoms. The quantitative estimate of drug-likeness (QED) is 0.606. The van der Waals surface area contributed by atoms with E-state index >= 15 is 0 Å². The van der Waals surface area contributed by atoms with Crippen LogP contribution < -0.4 is 10.8 Å². The number of halogens is 3. The van der Waals surface area contributed by atoms with Crippen LogP contribution in [0.15, 0.2) is 12.3 Å². The van der Waals surface area contributed by atoms with Crippen molar-refractivity contribution in [1.29, 1.82) is 0 Å². The minimum absolute atomic E-state index is 0.0154. The summed E-state index contributed by atoms with van der Waals surface area (Å²) in [4.78, 5) is 3.87. The molecule has 1 unspecified atom stereocenters. The van der Waals surface area contributed by atoms with E-state index < -0.39 is 12.2 Å². The first-order valence-corrected chi connectivity index (χ1v) is 4.26. The fourth-order valence-electron chi connectivity index (χ4n) is 1.59. The van der Waals surface area contributed by atoms with Crippen molar-refractivity contribution in [2.24, 2.45) is 0 Å². The second-order valence-electron chi connectivity index (χ2n) is 3.40. The molecule has 6 heteroatoms. The minimum Gasteiger partial charge on any atom is -0.358 e. The Morgan fingerprint density at radius 3 is 2.79 bits per heavy atom. The smallest absolute Gasteiger partial charge is 0.358 e. The van der Waals surface area contributed by atoms with Gasteiger partial charge >= 0.3 is 6.18 Å². The molecular formula is C8H8BF3N2. The Balaban J connectivity index is 2.31. The summed E-state index contributed by atoms with van der Waals surface area (Å²) in [5.74, 6) is 0.368. The summed E-state index contributed by atoms with van der Waals surface area (Å²) >= 11 is 0. The third kappa shape index (κ3) is 1.45. The molecule has 0 saturated heterocycles. The van der Waals surface area contributed by atoms with E-state index in [0.29, 0.717) is 11.4 Å². The molecule has 1 aliphatic rings. The second kappa shape index (κ2) is 2.90. The predicted octanol–water partition coefficient (Wildman–Crippen LogP) is 0.239. The van der Waals surface area contributed by atoms with E-state index in [0.717, 1.165) is 5.46 Å². The molecule has 1 aliphatic heterocycles. The Morgan fingerprint density at radius 2 is 2.21 bits per heavy atom. The SMILES string of the molecule is Bc1ccnc2c1CC(C(F)(F)F)N2. The Labute approximate surface area is 79.9 Å². The van der Waals surface area contributed by atoms with Crippen LogP contribution in [0.3, 0.4) is 0 Å². The van der Waals surface area contributed by atoms with E-state index in [1.54, 1.807) is 13.9 Å². The number of alkyl halides is 3. The van der Waals surface area contributed by atoms with Crippen LogP contribution >= 0.6 is 0 Å². The number of nitrogens with one attached hydrogen (secondary N) is 1. The zero-order valence-corrected chi connectivity index (χ0v) is 7.52. The first-order chi connectivity index (χ1) is 6.48. The largest absolute Gasteiger partial charge is 0.408 e. The third-order valence-corrected chi connectivity index (χ3v) is 2.40. The Hall–Kier alpha value is -1.20. The number of anilines is 1. The van der Waals surface area contributed by atoms with Crippen LogP contribution in [0.1, 0.15) is 5.56 Å². The standard InChI is InChI=1S/C8H8BF3N2/c9-5-1-2-13-7-4(5)3-6(14-7)8(10,11)12/h1-2,6H,3,9H2,(H,13,14). The molecule has 0 spiro atoms. The zero-order valence-electron chi connectivity index (χ0n) is 7.52. The number of aromatic nitrogens is 1. The summed E-state index contributed by atoms with van der Waals surface area (Å²) in [6.07, 6.45) is -2.70. The number of pyridine rings is 1. The maximum atomic E-state index is 12.4. The number of fused-ring (bicyclic) bond motifs is 1. The molecule has 1 aromatic rings. The zero-order chi connectivity index (χ0) is 10.3.